The van der Waals surface area contributed by atoms with Gasteiger partial charge >= 0.3 is 0 Å². The van der Waals surface area contributed by atoms with Crippen LogP contribution in [0.4, 0.5) is 15.8 Å². The topological polar surface area (TPSA) is 101 Å². The fourth-order valence-corrected chi connectivity index (χ4v) is 4.04. The van der Waals surface area contributed by atoms with Crippen molar-refractivity contribution in [1.82, 2.24) is 15.3 Å². The molecule has 1 aromatic carbocycles. The number of carbonyl (C=O) groups excluding carboxylic acids is 1. The van der Waals surface area contributed by atoms with Crippen LogP contribution >= 0.6 is 11.6 Å². The molecule has 3 aromatic rings. The molecule has 2 N–H and O–H groups in total. The maximum Gasteiger partial charge on any atom is 0.254 e. The first-order valence-electron chi connectivity index (χ1n) is 10.3. The van der Waals surface area contributed by atoms with E-state index in [-0.39, 0.29) is 23.4 Å². The smallest absolute Gasteiger partial charge is 0.254 e. The van der Waals surface area contributed by atoms with Gasteiger partial charge in [-0.3, -0.25) is 14.8 Å². The molecule has 2 aromatic heterocycles. The molecule has 0 atom stereocenters. The monoisotopic (exact) mass is 502 g/mol. The summed E-state index contributed by atoms with van der Waals surface area (Å²) in [4.78, 5) is 21.1. The third kappa shape index (κ3) is 6.61. The first-order valence-corrected chi connectivity index (χ1v) is 12.8. The van der Waals surface area contributed by atoms with E-state index < -0.39 is 21.6 Å². The van der Waals surface area contributed by atoms with Crippen molar-refractivity contribution in [2.75, 3.05) is 23.9 Å². The minimum Gasteiger partial charge on any atom is -0.354 e. The molecule has 10 heteroatoms. The molecule has 3 rings (SSSR count). The molecule has 0 bridgehead atoms. The Kier molecular flexibility index (Phi) is 8.01. The van der Waals surface area contributed by atoms with Gasteiger partial charge in [0.25, 0.3) is 5.91 Å². The fourth-order valence-electron chi connectivity index (χ4n) is 3.20. The Morgan fingerprint density at radius 1 is 1.15 bits per heavy atom. The summed E-state index contributed by atoms with van der Waals surface area (Å²) in [5.41, 5.74) is 3.28. The zero-order chi connectivity index (χ0) is 24.9. The first-order chi connectivity index (χ1) is 16.0. The number of nitrogens with zero attached hydrogens (tertiary/aromatic N) is 2. The summed E-state index contributed by atoms with van der Waals surface area (Å²) in [5.74, 6) is -0.895. The van der Waals surface area contributed by atoms with Gasteiger partial charge in [-0.25, -0.2) is 12.8 Å². The highest BCUT2D eigenvalue weighted by Crippen LogP contribution is 2.32. The van der Waals surface area contributed by atoms with Crippen molar-refractivity contribution < 1.29 is 17.6 Å². The number of hydrogen-bond acceptors (Lipinski definition) is 6. The van der Waals surface area contributed by atoms with E-state index in [1.807, 2.05) is 6.92 Å². The maximum atomic E-state index is 14.4. The summed E-state index contributed by atoms with van der Waals surface area (Å²) >= 11 is 6.04. The van der Waals surface area contributed by atoms with Gasteiger partial charge in [0.05, 0.1) is 22.7 Å². The van der Waals surface area contributed by atoms with E-state index in [1.165, 1.54) is 30.6 Å². The Labute approximate surface area is 203 Å². The van der Waals surface area contributed by atoms with Gasteiger partial charge in [-0.05, 0) is 49.2 Å². The lowest BCUT2D eigenvalue weighted by Crippen LogP contribution is -2.26. The summed E-state index contributed by atoms with van der Waals surface area (Å²) in [7, 11) is -3.11. The quantitative estimate of drug-likeness (QED) is 0.404. The lowest BCUT2D eigenvalue weighted by molar-refractivity contribution is 0.0954. The second-order valence-corrected chi connectivity index (χ2v) is 10.5. The normalized spacial score (nSPS) is 11.2. The molecule has 0 saturated heterocycles. The third-order valence-corrected chi connectivity index (χ3v) is 6.15. The number of amides is 1. The molecule has 0 aliphatic carbocycles. The van der Waals surface area contributed by atoms with Gasteiger partial charge in [0.1, 0.15) is 15.7 Å². The molecule has 0 aliphatic rings. The van der Waals surface area contributed by atoms with E-state index in [4.69, 9.17) is 11.6 Å². The Morgan fingerprint density at radius 3 is 2.62 bits per heavy atom. The van der Waals surface area contributed by atoms with Gasteiger partial charge in [-0.15, -0.1) is 0 Å². The molecular formula is C24H24ClFN4O3S. The minimum absolute atomic E-state index is 0.0206. The SMILES string of the molecule is C=C(C)c1cnc(-c2cc(Cl)ccc2F)cc1Nc1ccncc1C(=O)NCCCS(C)(=O)=O. The molecule has 0 fully saturated rings. The number of aromatic nitrogens is 2. The van der Waals surface area contributed by atoms with E-state index in [0.717, 1.165) is 6.26 Å². The number of sulfone groups is 1. The number of benzene rings is 1. The van der Waals surface area contributed by atoms with Gasteiger partial charge in [-0.2, -0.15) is 0 Å². The van der Waals surface area contributed by atoms with Gasteiger partial charge in [0.2, 0.25) is 0 Å². The zero-order valence-corrected chi connectivity index (χ0v) is 20.3. The third-order valence-electron chi connectivity index (χ3n) is 4.88. The van der Waals surface area contributed by atoms with Crippen molar-refractivity contribution in [1.29, 1.82) is 0 Å². The second kappa shape index (κ2) is 10.8. The lowest BCUT2D eigenvalue weighted by Gasteiger charge is -2.16. The Hall–Kier alpha value is -3.30. The molecule has 0 radical (unpaired) electrons. The van der Waals surface area contributed by atoms with Crippen molar-refractivity contribution in [3.05, 3.63) is 77.5 Å². The molecule has 0 spiro atoms. The van der Waals surface area contributed by atoms with E-state index in [1.54, 1.807) is 18.3 Å². The number of anilines is 2. The fraction of sp³-hybridized carbons (Fsp3) is 0.208. The number of allylic oxidation sites excluding steroid dienone is 1. The van der Waals surface area contributed by atoms with E-state index in [2.05, 4.69) is 27.2 Å². The highest BCUT2D eigenvalue weighted by atomic mass is 35.5. The molecule has 34 heavy (non-hydrogen) atoms. The molecule has 7 nitrogen and oxygen atoms in total. The van der Waals surface area contributed by atoms with Crippen LogP contribution in [0.2, 0.25) is 5.02 Å². The van der Waals surface area contributed by atoms with Gasteiger partial charge in [0.15, 0.2) is 0 Å². The van der Waals surface area contributed by atoms with Crippen LogP contribution in [0.25, 0.3) is 16.8 Å². The lowest BCUT2D eigenvalue weighted by atomic mass is 10.0. The van der Waals surface area contributed by atoms with Gasteiger partial charge in [0, 0.05) is 53.2 Å². The molecule has 178 valence electrons. The van der Waals surface area contributed by atoms with Crippen LogP contribution in [0, 0.1) is 5.82 Å². The Balaban J connectivity index is 1.91. The molecule has 1 amide bonds. The van der Waals surface area contributed by atoms with Crippen LogP contribution in [0.1, 0.15) is 29.3 Å². The van der Waals surface area contributed by atoms with Crippen molar-refractivity contribution in [2.24, 2.45) is 0 Å². The van der Waals surface area contributed by atoms with Crippen LogP contribution in [0.3, 0.4) is 0 Å². The Bertz CT molecular complexity index is 1350. The summed E-state index contributed by atoms with van der Waals surface area (Å²) in [6, 6.07) is 7.51. The number of carbonyl (C=O) groups is 1. The summed E-state index contributed by atoms with van der Waals surface area (Å²) in [6.07, 6.45) is 5.96. The van der Waals surface area contributed by atoms with Crippen molar-refractivity contribution in [3.8, 4) is 11.3 Å². The number of pyridine rings is 2. The predicted octanol–water partition coefficient (Wildman–Crippen LogP) is 4.88. The largest absolute Gasteiger partial charge is 0.354 e. The number of halogens is 2. The molecular weight excluding hydrogens is 479 g/mol. The van der Waals surface area contributed by atoms with Crippen molar-refractivity contribution in [3.63, 3.8) is 0 Å². The molecule has 0 unspecified atom stereocenters. The number of hydrogen-bond donors (Lipinski definition) is 2. The average molecular weight is 503 g/mol. The molecule has 0 saturated carbocycles. The number of nitrogens with one attached hydrogen (secondary N) is 2. The zero-order valence-electron chi connectivity index (χ0n) is 18.7. The highest BCUT2D eigenvalue weighted by Gasteiger charge is 2.16. The van der Waals surface area contributed by atoms with Crippen molar-refractivity contribution >= 4 is 44.3 Å². The standard InChI is InChI=1S/C24H24ClFN4O3S/c1-15(2)18-14-29-22(17-11-16(25)5-6-20(17)26)12-23(18)30-21-7-9-27-13-19(21)24(31)28-8-4-10-34(3,32)33/h5-7,9,11-14H,1,4,8,10H2,2-3H3,(H,28,31)(H,27,29,30). The van der Waals surface area contributed by atoms with Crippen LogP contribution in [-0.2, 0) is 9.84 Å². The summed E-state index contributed by atoms with van der Waals surface area (Å²) in [5, 5.41) is 6.29. The molecule has 0 aliphatic heterocycles. The summed E-state index contributed by atoms with van der Waals surface area (Å²) in [6.45, 7) is 5.98. The van der Waals surface area contributed by atoms with Crippen LogP contribution in [-0.4, -0.2) is 42.8 Å². The second-order valence-electron chi connectivity index (χ2n) is 7.81. The predicted molar refractivity (Wildman–Crippen MR) is 134 cm³/mol. The molecule has 2 heterocycles. The van der Waals surface area contributed by atoms with Crippen LogP contribution < -0.4 is 10.6 Å². The highest BCUT2D eigenvalue weighted by molar-refractivity contribution is 7.90. The number of rotatable bonds is 9. The van der Waals surface area contributed by atoms with E-state index in [9.17, 15) is 17.6 Å². The van der Waals surface area contributed by atoms with Crippen molar-refractivity contribution in [2.45, 2.75) is 13.3 Å². The first kappa shape index (κ1) is 25.3. The maximum absolute atomic E-state index is 14.4. The minimum atomic E-state index is -3.11. The average Bonchev–Trinajstić information content (AvgIpc) is 2.77. The summed E-state index contributed by atoms with van der Waals surface area (Å²) < 4.78 is 37.0. The van der Waals surface area contributed by atoms with Gasteiger partial charge < -0.3 is 10.6 Å². The van der Waals surface area contributed by atoms with E-state index in [0.29, 0.717) is 39.6 Å². The van der Waals surface area contributed by atoms with Crippen LogP contribution in [0.5, 0.6) is 0 Å². The van der Waals surface area contributed by atoms with E-state index >= 15 is 0 Å². The van der Waals surface area contributed by atoms with Gasteiger partial charge in [-0.1, -0.05) is 18.2 Å². The van der Waals surface area contributed by atoms with Crippen LogP contribution in [0.15, 0.2) is 55.5 Å². The Morgan fingerprint density at radius 2 is 1.91 bits per heavy atom.